The van der Waals surface area contributed by atoms with Gasteiger partial charge in [0.25, 0.3) is 5.91 Å². The molecule has 0 spiro atoms. The molecule has 0 bridgehead atoms. The summed E-state index contributed by atoms with van der Waals surface area (Å²) in [5, 5.41) is 17.9. The van der Waals surface area contributed by atoms with Crippen LogP contribution in [0.25, 0.3) is 0 Å². The lowest BCUT2D eigenvalue weighted by molar-refractivity contribution is -0.121. The second-order valence-corrected chi connectivity index (χ2v) is 3.73. The molecule has 0 unspecified atom stereocenters. The van der Waals surface area contributed by atoms with Gasteiger partial charge in [-0.2, -0.15) is 5.26 Å². The third-order valence-electron chi connectivity index (χ3n) is 2.66. The van der Waals surface area contributed by atoms with Gasteiger partial charge >= 0.3 is 0 Å². The predicted molar refractivity (Wildman–Crippen MR) is 62.4 cm³/mol. The summed E-state index contributed by atoms with van der Waals surface area (Å²) in [6.45, 7) is -0.366. The summed E-state index contributed by atoms with van der Waals surface area (Å²) in [7, 11) is 1.48. The van der Waals surface area contributed by atoms with Gasteiger partial charge in [-0.25, -0.2) is 0 Å². The van der Waals surface area contributed by atoms with Crippen LogP contribution in [0.1, 0.15) is 5.56 Å². The maximum atomic E-state index is 11.7. The van der Waals surface area contributed by atoms with E-state index < -0.39 is 0 Å². The Morgan fingerprint density at radius 3 is 3.00 bits per heavy atom. The number of aliphatic hydroxyl groups excluding tert-OH is 1. The van der Waals surface area contributed by atoms with E-state index in [-0.39, 0.29) is 25.7 Å². The molecule has 1 aromatic carbocycles. The first-order valence-electron chi connectivity index (χ1n) is 5.33. The molecule has 0 atom stereocenters. The van der Waals surface area contributed by atoms with E-state index in [4.69, 9.17) is 14.7 Å². The molecule has 94 valence electrons. The number of carbonyl (C=O) groups is 1. The maximum Gasteiger partial charge on any atom is 0.265 e. The zero-order valence-corrected chi connectivity index (χ0v) is 9.84. The lowest BCUT2D eigenvalue weighted by atomic mass is 10.1. The van der Waals surface area contributed by atoms with Crippen LogP contribution in [0.4, 0.5) is 5.69 Å². The van der Waals surface area contributed by atoms with E-state index in [0.717, 1.165) is 0 Å². The number of nitriles is 1. The first-order valence-corrected chi connectivity index (χ1v) is 5.33. The molecule has 6 nitrogen and oxygen atoms in total. The first kappa shape index (κ1) is 12.2. The normalized spacial score (nSPS) is 13.6. The topological polar surface area (TPSA) is 82.8 Å². The van der Waals surface area contributed by atoms with Crippen LogP contribution in [-0.4, -0.2) is 31.3 Å². The van der Waals surface area contributed by atoms with Gasteiger partial charge in [-0.1, -0.05) is 0 Å². The van der Waals surface area contributed by atoms with E-state index in [9.17, 15) is 9.90 Å². The minimum Gasteiger partial charge on any atom is -0.493 e. The van der Waals surface area contributed by atoms with Gasteiger partial charge in [0.1, 0.15) is 6.54 Å². The number of ether oxygens (including phenoxy) is 2. The number of hydrogen-bond acceptors (Lipinski definition) is 5. The summed E-state index contributed by atoms with van der Waals surface area (Å²) in [4.78, 5) is 13.0. The Labute approximate surface area is 104 Å². The molecule has 6 heteroatoms. The van der Waals surface area contributed by atoms with Crippen molar-refractivity contribution >= 4 is 11.6 Å². The Hall–Kier alpha value is -2.26. The fourth-order valence-electron chi connectivity index (χ4n) is 1.82. The van der Waals surface area contributed by atoms with Crippen molar-refractivity contribution in [3.63, 3.8) is 0 Å². The van der Waals surface area contributed by atoms with Crippen LogP contribution in [0.5, 0.6) is 11.5 Å². The molecular formula is C12H12N2O4. The molecule has 1 N–H and O–H groups in total. The SMILES string of the molecule is COc1cc(CO)cc2c1OCC(=O)N2CC#N. The lowest BCUT2D eigenvalue weighted by Gasteiger charge is -2.28. The summed E-state index contributed by atoms with van der Waals surface area (Å²) in [5.41, 5.74) is 1.04. The average Bonchev–Trinajstić information content (AvgIpc) is 2.40. The fraction of sp³-hybridized carbons (Fsp3) is 0.333. The first-order chi connectivity index (χ1) is 8.71. The molecule has 2 rings (SSSR count). The van der Waals surface area contributed by atoms with Gasteiger partial charge in [0, 0.05) is 0 Å². The van der Waals surface area contributed by atoms with E-state index in [1.165, 1.54) is 12.0 Å². The number of hydrogen-bond donors (Lipinski definition) is 1. The fourth-order valence-corrected chi connectivity index (χ4v) is 1.82. The molecule has 18 heavy (non-hydrogen) atoms. The van der Waals surface area contributed by atoms with Crippen LogP contribution in [0, 0.1) is 11.3 Å². The lowest BCUT2D eigenvalue weighted by Crippen LogP contribution is -2.39. The number of anilines is 1. The van der Waals surface area contributed by atoms with E-state index in [2.05, 4.69) is 0 Å². The third-order valence-corrected chi connectivity index (χ3v) is 2.66. The highest BCUT2D eigenvalue weighted by molar-refractivity contribution is 5.99. The zero-order chi connectivity index (χ0) is 13.1. The van der Waals surface area contributed by atoms with Crippen molar-refractivity contribution < 1.29 is 19.4 Å². The second-order valence-electron chi connectivity index (χ2n) is 3.73. The molecule has 0 aromatic heterocycles. The monoisotopic (exact) mass is 248 g/mol. The number of carbonyl (C=O) groups excluding carboxylic acids is 1. The molecule has 0 saturated heterocycles. The highest BCUT2D eigenvalue weighted by atomic mass is 16.5. The summed E-state index contributed by atoms with van der Waals surface area (Å²) in [6, 6.07) is 5.19. The van der Waals surface area contributed by atoms with Crippen molar-refractivity contribution in [3.05, 3.63) is 17.7 Å². The van der Waals surface area contributed by atoms with Gasteiger partial charge in [0.05, 0.1) is 25.5 Å². The number of benzene rings is 1. The minimum absolute atomic E-state index is 0.0623. The van der Waals surface area contributed by atoms with E-state index in [1.54, 1.807) is 12.1 Å². The molecule has 0 saturated carbocycles. The number of rotatable bonds is 3. The van der Waals surface area contributed by atoms with Crippen molar-refractivity contribution in [1.82, 2.24) is 0 Å². The smallest absolute Gasteiger partial charge is 0.265 e. The van der Waals surface area contributed by atoms with Gasteiger partial charge in [0.15, 0.2) is 18.1 Å². The van der Waals surface area contributed by atoms with Crippen LogP contribution < -0.4 is 14.4 Å². The van der Waals surface area contributed by atoms with Crippen LogP contribution >= 0.6 is 0 Å². The molecular weight excluding hydrogens is 236 g/mol. The van der Waals surface area contributed by atoms with E-state index in [0.29, 0.717) is 22.7 Å². The standard InChI is InChI=1S/C12H12N2O4/c1-17-10-5-8(6-15)4-9-12(10)18-7-11(16)14(9)3-2-13/h4-5,15H,3,6-7H2,1H3. The molecule has 1 aliphatic rings. The molecule has 1 amide bonds. The van der Waals surface area contributed by atoms with Crippen molar-refractivity contribution in [2.75, 3.05) is 25.2 Å². The average molecular weight is 248 g/mol. The minimum atomic E-state index is -0.291. The molecule has 1 aliphatic heterocycles. The Morgan fingerprint density at radius 1 is 1.61 bits per heavy atom. The summed E-state index contributed by atoms with van der Waals surface area (Å²) in [5.74, 6) is 0.567. The Kier molecular flexibility index (Phi) is 3.35. The summed E-state index contributed by atoms with van der Waals surface area (Å²) >= 11 is 0. The van der Waals surface area contributed by atoms with Gasteiger partial charge in [-0.15, -0.1) is 0 Å². The quantitative estimate of drug-likeness (QED) is 0.784. The highest BCUT2D eigenvalue weighted by Gasteiger charge is 2.28. The van der Waals surface area contributed by atoms with Crippen molar-refractivity contribution in [1.29, 1.82) is 5.26 Å². The van der Waals surface area contributed by atoms with Crippen molar-refractivity contribution in [3.8, 4) is 17.6 Å². The van der Waals surface area contributed by atoms with Gasteiger partial charge in [0.2, 0.25) is 0 Å². The summed E-state index contributed by atoms with van der Waals surface area (Å²) in [6.07, 6.45) is 0. The highest BCUT2D eigenvalue weighted by Crippen LogP contribution is 2.41. The molecule has 1 heterocycles. The largest absolute Gasteiger partial charge is 0.493 e. The number of aliphatic hydroxyl groups is 1. The van der Waals surface area contributed by atoms with Crippen LogP contribution in [0.3, 0.4) is 0 Å². The van der Waals surface area contributed by atoms with Gasteiger partial charge in [-0.3, -0.25) is 9.69 Å². The number of methoxy groups -OCH3 is 1. The molecule has 0 aliphatic carbocycles. The molecule has 1 aromatic rings. The Bertz CT molecular complexity index is 522. The predicted octanol–water partition coefficient (Wildman–Crippen LogP) is 0.436. The molecule has 0 radical (unpaired) electrons. The van der Waals surface area contributed by atoms with E-state index >= 15 is 0 Å². The van der Waals surface area contributed by atoms with Crippen molar-refractivity contribution in [2.24, 2.45) is 0 Å². The summed E-state index contributed by atoms with van der Waals surface area (Å²) < 4.78 is 10.5. The van der Waals surface area contributed by atoms with Crippen LogP contribution in [0.15, 0.2) is 12.1 Å². The van der Waals surface area contributed by atoms with Gasteiger partial charge < -0.3 is 14.6 Å². The van der Waals surface area contributed by atoms with Crippen molar-refractivity contribution in [2.45, 2.75) is 6.61 Å². The molecule has 0 fully saturated rings. The second kappa shape index (κ2) is 4.94. The Morgan fingerprint density at radius 2 is 2.39 bits per heavy atom. The number of amides is 1. The van der Waals surface area contributed by atoms with Gasteiger partial charge in [-0.05, 0) is 17.7 Å². The third kappa shape index (κ3) is 1.96. The zero-order valence-electron chi connectivity index (χ0n) is 9.84. The van der Waals surface area contributed by atoms with Crippen LogP contribution in [-0.2, 0) is 11.4 Å². The maximum absolute atomic E-state index is 11.7. The van der Waals surface area contributed by atoms with Crippen LogP contribution in [0.2, 0.25) is 0 Å². The Balaban J connectivity index is 2.55. The number of fused-ring (bicyclic) bond motifs is 1. The van der Waals surface area contributed by atoms with E-state index in [1.807, 2.05) is 6.07 Å². The number of nitrogens with zero attached hydrogens (tertiary/aromatic N) is 2.